The van der Waals surface area contributed by atoms with Crippen LogP contribution in [0.4, 0.5) is 18.0 Å². The van der Waals surface area contributed by atoms with E-state index in [2.05, 4.69) is 5.32 Å². The number of nitrogens with zero attached hydrogens (tertiary/aromatic N) is 1. The Morgan fingerprint density at radius 3 is 2.54 bits per heavy atom. The van der Waals surface area contributed by atoms with Gasteiger partial charge in [0.25, 0.3) is 0 Å². The van der Waals surface area contributed by atoms with Crippen molar-refractivity contribution in [2.75, 3.05) is 13.1 Å². The van der Waals surface area contributed by atoms with E-state index in [0.29, 0.717) is 12.6 Å². The molecule has 2 rings (SSSR count). The number of amides is 1. The number of benzene rings is 1. The third-order valence-corrected chi connectivity index (χ3v) is 4.42. The number of carbonyl (C=O) groups is 2. The molecule has 0 saturated carbocycles. The lowest BCUT2D eigenvalue weighted by Crippen LogP contribution is -2.42. The molecule has 0 aliphatic carbocycles. The molecule has 1 unspecified atom stereocenters. The number of hydrogen-bond donors (Lipinski definition) is 2. The summed E-state index contributed by atoms with van der Waals surface area (Å²) in [6.45, 7) is 6.12. The highest BCUT2D eigenvalue weighted by atomic mass is 19.4. The molecule has 156 valence electrons. The molecule has 9 heteroatoms. The standard InChI is InChI=1S/C19H25F3N2O4/c1-18(2,3)28-17(27)23-10-14-5-4-8-24(14)11-13-7-6-12(16(25)26)9-15(13)19(20,21)22/h6-7,9,14H,4-5,8,10-11H2,1-3H3,(H,23,27)(H,25,26). The number of ether oxygens (including phenoxy) is 1. The number of alkyl carbamates (subject to hydrolysis) is 1. The molecule has 1 aliphatic rings. The van der Waals surface area contributed by atoms with Crippen LogP contribution < -0.4 is 5.32 Å². The molecule has 0 spiro atoms. The van der Waals surface area contributed by atoms with Crippen molar-refractivity contribution in [3.63, 3.8) is 0 Å². The highest BCUT2D eigenvalue weighted by Gasteiger charge is 2.35. The van der Waals surface area contributed by atoms with Crippen LogP contribution in [0.15, 0.2) is 18.2 Å². The first kappa shape index (κ1) is 22.0. The minimum atomic E-state index is -4.65. The zero-order valence-electron chi connectivity index (χ0n) is 16.1. The summed E-state index contributed by atoms with van der Waals surface area (Å²) >= 11 is 0. The molecule has 2 N–H and O–H groups in total. The second-order valence-corrected chi connectivity index (χ2v) is 7.82. The monoisotopic (exact) mass is 402 g/mol. The summed E-state index contributed by atoms with van der Waals surface area (Å²) in [6, 6.07) is 2.94. The van der Waals surface area contributed by atoms with Gasteiger partial charge in [0.05, 0.1) is 11.1 Å². The number of carboxylic acid groups (broad SMARTS) is 1. The first-order valence-corrected chi connectivity index (χ1v) is 9.01. The normalized spacial score (nSPS) is 18.1. The van der Waals surface area contributed by atoms with Crippen LogP contribution >= 0.6 is 0 Å². The zero-order chi connectivity index (χ0) is 21.1. The van der Waals surface area contributed by atoms with Gasteiger partial charge in [-0.3, -0.25) is 4.90 Å². The largest absolute Gasteiger partial charge is 0.478 e. The average molecular weight is 402 g/mol. The summed E-state index contributed by atoms with van der Waals surface area (Å²) in [7, 11) is 0. The molecule has 0 bridgehead atoms. The topological polar surface area (TPSA) is 78.9 Å². The molecular formula is C19H25F3N2O4. The zero-order valence-corrected chi connectivity index (χ0v) is 16.1. The summed E-state index contributed by atoms with van der Waals surface area (Å²) < 4.78 is 45.3. The van der Waals surface area contributed by atoms with Crippen LogP contribution in [0.1, 0.15) is 55.1 Å². The lowest BCUT2D eigenvalue weighted by Gasteiger charge is -2.27. The van der Waals surface area contributed by atoms with Crippen molar-refractivity contribution < 1.29 is 32.6 Å². The van der Waals surface area contributed by atoms with Crippen LogP contribution in [-0.4, -0.2) is 46.8 Å². The summed E-state index contributed by atoms with van der Waals surface area (Å²) in [6.07, 6.45) is -3.68. The van der Waals surface area contributed by atoms with E-state index < -0.39 is 35.0 Å². The maximum absolute atomic E-state index is 13.4. The second kappa shape index (κ2) is 8.38. The van der Waals surface area contributed by atoms with Crippen molar-refractivity contribution in [3.8, 4) is 0 Å². The number of halogens is 3. The van der Waals surface area contributed by atoms with E-state index in [1.165, 1.54) is 12.1 Å². The van der Waals surface area contributed by atoms with E-state index in [4.69, 9.17) is 9.84 Å². The highest BCUT2D eigenvalue weighted by Crippen LogP contribution is 2.34. The Morgan fingerprint density at radius 2 is 1.96 bits per heavy atom. The Balaban J connectivity index is 2.09. The fraction of sp³-hybridized carbons (Fsp3) is 0.579. The summed E-state index contributed by atoms with van der Waals surface area (Å²) in [5.74, 6) is -1.40. The van der Waals surface area contributed by atoms with Crippen LogP contribution in [-0.2, 0) is 17.5 Å². The predicted octanol–water partition coefficient (Wildman–Crippen LogP) is 3.89. The van der Waals surface area contributed by atoms with E-state index in [0.717, 1.165) is 12.8 Å². The molecule has 28 heavy (non-hydrogen) atoms. The molecule has 1 aliphatic heterocycles. The third-order valence-electron chi connectivity index (χ3n) is 4.42. The van der Waals surface area contributed by atoms with Gasteiger partial charge in [0.2, 0.25) is 0 Å². The van der Waals surface area contributed by atoms with E-state index in [1.807, 2.05) is 4.90 Å². The van der Waals surface area contributed by atoms with Crippen molar-refractivity contribution in [3.05, 3.63) is 34.9 Å². The first-order chi connectivity index (χ1) is 12.9. The molecular weight excluding hydrogens is 377 g/mol. The summed E-state index contributed by atoms with van der Waals surface area (Å²) in [4.78, 5) is 24.7. The first-order valence-electron chi connectivity index (χ1n) is 9.01. The summed E-state index contributed by atoms with van der Waals surface area (Å²) in [5.41, 5.74) is -1.96. The van der Waals surface area contributed by atoms with Gasteiger partial charge in [-0.2, -0.15) is 13.2 Å². The Bertz CT molecular complexity index is 729. The van der Waals surface area contributed by atoms with Crippen molar-refractivity contribution in [1.82, 2.24) is 10.2 Å². The molecule has 0 radical (unpaired) electrons. The van der Waals surface area contributed by atoms with E-state index >= 15 is 0 Å². The molecule has 1 saturated heterocycles. The van der Waals surface area contributed by atoms with E-state index in [9.17, 15) is 22.8 Å². The number of nitrogens with one attached hydrogen (secondary N) is 1. The van der Waals surface area contributed by atoms with Crippen LogP contribution in [0.2, 0.25) is 0 Å². The number of carboxylic acids is 1. The Hall–Kier alpha value is -2.29. The maximum atomic E-state index is 13.4. The van der Waals surface area contributed by atoms with Crippen LogP contribution in [0.5, 0.6) is 0 Å². The number of likely N-dealkylation sites (tertiary alicyclic amines) is 1. The SMILES string of the molecule is CC(C)(C)OC(=O)NCC1CCCN1Cc1ccc(C(=O)O)cc1C(F)(F)F. The maximum Gasteiger partial charge on any atom is 0.416 e. The van der Waals surface area contributed by atoms with Crippen molar-refractivity contribution in [2.45, 2.75) is 58.0 Å². The molecule has 1 aromatic rings. The predicted molar refractivity (Wildman–Crippen MR) is 96.1 cm³/mol. The molecule has 1 fully saturated rings. The smallest absolute Gasteiger partial charge is 0.416 e. The number of hydrogen-bond acceptors (Lipinski definition) is 4. The number of carbonyl (C=O) groups excluding carboxylic acids is 1. The minimum absolute atomic E-state index is 0.0154. The van der Waals surface area contributed by atoms with Crippen LogP contribution in [0.3, 0.4) is 0 Å². The molecule has 1 heterocycles. The lowest BCUT2D eigenvalue weighted by atomic mass is 10.0. The number of aromatic carboxylic acids is 1. The van der Waals surface area contributed by atoms with Gasteiger partial charge in [0, 0.05) is 19.1 Å². The van der Waals surface area contributed by atoms with Crippen molar-refractivity contribution >= 4 is 12.1 Å². The number of alkyl halides is 3. The number of rotatable bonds is 5. The molecule has 6 nitrogen and oxygen atoms in total. The molecule has 1 amide bonds. The quantitative estimate of drug-likeness (QED) is 0.781. The Labute approximate surface area is 161 Å². The van der Waals surface area contributed by atoms with Gasteiger partial charge in [-0.25, -0.2) is 9.59 Å². The Kier molecular flexibility index (Phi) is 6.59. The fourth-order valence-electron chi connectivity index (χ4n) is 3.18. The van der Waals surface area contributed by atoms with Crippen LogP contribution in [0.25, 0.3) is 0 Å². The van der Waals surface area contributed by atoms with Crippen molar-refractivity contribution in [1.29, 1.82) is 0 Å². The Morgan fingerprint density at radius 1 is 1.29 bits per heavy atom. The van der Waals surface area contributed by atoms with Crippen molar-refractivity contribution in [2.24, 2.45) is 0 Å². The van der Waals surface area contributed by atoms with E-state index in [-0.39, 0.29) is 24.7 Å². The van der Waals surface area contributed by atoms with E-state index in [1.54, 1.807) is 20.8 Å². The minimum Gasteiger partial charge on any atom is -0.478 e. The lowest BCUT2D eigenvalue weighted by molar-refractivity contribution is -0.138. The van der Waals surface area contributed by atoms with Gasteiger partial charge in [0.1, 0.15) is 5.60 Å². The van der Waals surface area contributed by atoms with Gasteiger partial charge < -0.3 is 15.2 Å². The third kappa shape index (κ3) is 6.12. The van der Waals surface area contributed by atoms with Gasteiger partial charge in [-0.1, -0.05) is 6.07 Å². The molecule has 1 aromatic carbocycles. The van der Waals surface area contributed by atoms with Gasteiger partial charge in [-0.05, 0) is 57.9 Å². The van der Waals surface area contributed by atoms with Gasteiger partial charge in [-0.15, -0.1) is 0 Å². The second-order valence-electron chi connectivity index (χ2n) is 7.82. The van der Waals surface area contributed by atoms with Crippen LogP contribution in [0, 0.1) is 0 Å². The average Bonchev–Trinajstić information content (AvgIpc) is 2.97. The summed E-state index contributed by atoms with van der Waals surface area (Å²) in [5, 5.41) is 11.6. The van der Waals surface area contributed by atoms with Gasteiger partial charge in [0.15, 0.2) is 0 Å². The fourth-order valence-corrected chi connectivity index (χ4v) is 3.18. The van der Waals surface area contributed by atoms with Gasteiger partial charge >= 0.3 is 18.2 Å². The highest BCUT2D eigenvalue weighted by molar-refractivity contribution is 5.88. The molecule has 1 atom stereocenters. The molecule has 0 aromatic heterocycles.